The van der Waals surface area contributed by atoms with Crippen LogP contribution < -0.4 is 9.47 Å². The lowest BCUT2D eigenvalue weighted by Gasteiger charge is -2.07. The molecule has 0 aliphatic carbocycles. The van der Waals surface area contributed by atoms with Crippen LogP contribution in [-0.4, -0.2) is 29.2 Å². The van der Waals surface area contributed by atoms with Gasteiger partial charge >= 0.3 is 0 Å². The number of nitriles is 1. The number of hydrogen-bond acceptors (Lipinski definition) is 5. The van der Waals surface area contributed by atoms with Crippen molar-refractivity contribution in [2.75, 3.05) is 14.2 Å². The molecule has 1 N–H and O–H groups in total. The number of rotatable bonds is 4. The summed E-state index contributed by atoms with van der Waals surface area (Å²) in [4.78, 5) is 11.7. The van der Waals surface area contributed by atoms with E-state index in [-0.39, 0.29) is 0 Å². The zero-order valence-corrected chi connectivity index (χ0v) is 14.6. The van der Waals surface area contributed by atoms with Crippen molar-refractivity contribution >= 4 is 38.7 Å². The van der Waals surface area contributed by atoms with Crippen LogP contribution in [0.25, 0.3) is 22.8 Å². The van der Waals surface area contributed by atoms with Gasteiger partial charge in [-0.2, -0.15) is 5.26 Å². The normalized spacial score (nSPS) is 11.3. The fraction of sp³-hybridized carbons (Fsp3) is 0.118. The molecule has 0 aliphatic heterocycles. The number of fused-ring (bicyclic) bond motifs is 1. The largest absolute Gasteiger partial charge is 0.493 e. The number of halogens is 1. The van der Waals surface area contributed by atoms with Crippen LogP contribution in [0, 0.1) is 11.3 Å². The molecule has 0 amide bonds. The molecule has 0 atom stereocenters. The van der Waals surface area contributed by atoms with Crippen LogP contribution in [0.5, 0.6) is 11.5 Å². The standard InChI is InChI=1S/C17H13BrN4O2/c1-23-14-4-3-10(6-15(14)24-2)5-11(8-19)16-21-13-7-12(18)9-20-17(13)22-16/h3-7,9H,1-2H3,(H,20,21,22)/b11-5+. The van der Waals surface area contributed by atoms with Gasteiger partial charge in [-0.15, -0.1) is 0 Å². The van der Waals surface area contributed by atoms with E-state index in [0.29, 0.717) is 28.5 Å². The third-order valence-corrected chi connectivity index (χ3v) is 3.83. The molecule has 0 radical (unpaired) electrons. The second kappa shape index (κ2) is 6.72. The molecule has 0 unspecified atom stereocenters. The first-order valence-electron chi connectivity index (χ1n) is 7.00. The van der Waals surface area contributed by atoms with Crippen molar-refractivity contribution in [3.63, 3.8) is 0 Å². The van der Waals surface area contributed by atoms with Gasteiger partial charge in [0.2, 0.25) is 0 Å². The molecule has 0 fully saturated rings. The van der Waals surface area contributed by atoms with Crippen LogP contribution in [0.1, 0.15) is 11.4 Å². The van der Waals surface area contributed by atoms with E-state index < -0.39 is 0 Å². The number of nitrogens with one attached hydrogen (secondary N) is 1. The average molecular weight is 385 g/mol. The number of imidazole rings is 1. The Morgan fingerprint density at radius 1 is 1.25 bits per heavy atom. The van der Waals surface area contributed by atoms with Gasteiger partial charge in [0.05, 0.1) is 25.3 Å². The summed E-state index contributed by atoms with van der Waals surface area (Å²) in [5.41, 5.74) is 2.52. The van der Waals surface area contributed by atoms with Gasteiger partial charge in [0.25, 0.3) is 0 Å². The number of ether oxygens (including phenoxy) is 2. The van der Waals surface area contributed by atoms with Gasteiger partial charge < -0.3 is 14.5 Å². The van der Waals surface area contributed by atoms with Gasteiger partial charge in [-0.3, -0.25) is 0 Å². The summed E-state index contributed by atoms with van der Waals surface area (Å²) < 4.78 is 11.3. The third kappa shape index (κ3) is 3.09. The topological polar surface area (TPSA) is 83.8 Å². The highest BCUT2D eigenvalue weighted by Gasteiger charge is 2.10. The molecule has 2 aromatic heterocycles. The molecular formula is C17H13BrN4O2. The minimum absolute atomic E-state index is 0.399. The number of benzene rings is 1. The van der Waals surface area contributed by atoms with E-state index in [0.717, 1.165) is 15.6 Å². The second-order valence-corrected chi connectivity index (χ2v) is 5.81. The molecule has 0 saturated carbocycles. The van der Waals surface area contributed by atoms with E-state index in [1.807, 2.05) is 12.1 Å². The predicted molar refractivity (Wildman–Crippen MR) is 94.6 cm³/mol. The lowest BCUT2D eigenvalue weighted by Crippen LogP contribution is -1.91. The monoisotopic (exact) mass is 384 g/mol. The minimum Gasteiger partial charge on any atom is -0.493 e. The van der Waals surface area contributed by atoms with Gasteiger partial charge in [-0.25, -0.2) is 9.97 Å². The van der Waals surface area contributed by atoms with Gasteiger partial charge in [0, 0.05) is 10.7 Å². The van der Waals surface area contributed by atoms with Crippen molar-refractivity contribution in [2.24, 2.45) is 0 Å². The number of H-pyrrole nitrogens is 1. The van der Waals surface area contributed by atoms with Gasteiger partial charge in [-0.05, 0) is 45.8 Å². The van der Waals surface area contributed by atoms with Crippen molar-refractivity contribution < 1.29 is 9.47 Å². The Balaban J connectivity index is 2.04. The Morgan fingerprint density at radius 2 is 2.04 bits per heavy atom. The maximum Gasteiger partial charge on any atom is 0.178 e. The number of pyridine rings is 1. The quantitative estimate of drug-likeness (QED) is 0.691. The van der Waals surface area contributed by atoms with Crippen LogP contribution in [0.3, 0.4) is 0 Å². The first-order chi connectivity index (χ1) is 11.6. The second-order valence-electron chi connectivity index (χ2n) is 4.89. The average Bonchev–Trinajstić information content (AvgIpc) is 3.02. The van der Waals surface area contributed by atoms with Crippen molar-refractivity contribution in [2.45, 2.75) is 0 Å². The van der Waals surface area contributed by atoms with Crippen molar-refractivity contribution in [1.82, 2.24) is 15.0 Å². The SMILES string of the molecule is COc1ccc(/C=C(\C#N)c2nc3ncc(Br)cc3[nH]2)cc1OC. The zero-order chi connectivity index (χ0) is 17.1. The number of allylic oxidation sites excluding steroid dienone is 1. The molecule has 7 heteroatoms. The fourth-order valence-electron chi connectivity index (χ4n) is 2.26. The van der Waals surface area contributed by atoms with Crippen LogP contribution in [0.2, 0.25) is 0 Å². The molecule has 0 spiro atoms. The highest BCUT2D eigenvalue weighted by molar-refractivity contribution is 9.10. The van der Waals surface area contributed by atoms with Crippen molar-refractivity contribution in [3.8, 4) is 17.6 Å². The van der Waals surface area contributed by atoms with E-state index in [2.05, 4.69) is 37.0 Å². The van der Waals surface area contributed by atoms with Gasteiger partial charge in [-0.1, -0.05) is 6.07 Å². The number of aromatic amines is 1. The third-order valence-electron chi connectivity index (χ3n) is 3.40. The molecule has 24 heavy (non-hydrogen) atoms. The Kier molecular flexibility index (Phi) is 4.49. The molecule has 3 rings (SSSR count). The van der Waals surface area contributed by atoms with Crippen LogP contribution >= 0.6 is 15.9 Å². The fourth-order valence-corrected chi connectivity index (χ4v) is 2.60. The molecule has 120 valence electrons. The van der Waals surface area contributed by atoms with Crippen LogP contribution in [0.15, 0.2) is 34.9 Å². The van der Waals surface area contributed by atoms with Crippen molar-refractivity contribution in [1.29, 1.82) is 5.26 Å². The summed E-state index contributed by atoms with van der Waals surface area (Å²) >= 11 is 3.36. The smallest absolute Gasteiger partial charge is 0.178 e. The number of hydrogen-bond donors (Lipinski definition) is 1. The van der Waals surface area contributed by atoms with Crippen LogP contribution in [-0.2, 0) is 0 Å². The molecule has 6 nitrogen and oxygen atoms in total. The molecule has 0 aliphatic rings. The first kappa shape index (κ1) is 16.0. The van der Waals surface area contributed by atoms with Crippen molar-refractivity contribution in [3.05, 3.63) is 46.3 Å². The van der Waals surface area contributed by atoms with Gasteiger partial charge in [0.1, 0.15) is 6.07 Å². The van der Waals surface area contributed by atoms with Crippen LogP contribution in [0.4, 0.5) is 0 Å². The summed E-state index contributed by atoms with van der Waals surface area (Å²) in [6, 6.07) is 9.46. The summed E-state index contributed by atoms with van der Waals surface area (Å²) in [6.45, 7) is 0. The summed E-state index contributed by atoms with van der Waals surface area (Å²) in [5, 5.41) is 9.48. The minimum atomic E-state index is 0.399. The number of methoxy groups -OCH3 is 2. The Hall–Kier alpha value is -2.85. The predicted octanol–water partition coefficient (Wildman–Crippen LogP) is 3.80. The maximum atomic E-state index is 9.48. The molecule has 0 saturated heterocycles. The van der Waals surface area contributed by atoms with E-state index in [4.69, 9.17) is 9.47 Å². The molecule has 0 bridgehead atoms. The molecule has 3 aromatic rings. The van der Waals surface area contributed by atoms with E-state index in [9.17, 15) is 5.26 Å². The Morgan fingerprint density at radius 3 is 2.75 bits per heavy atom. The number of aromatic nitrogens is 3. The highest BCUT2D eigenvalue weighted by Crippen LogP contribution is 2.29. The summed E-state index contributed by atoms with van der Waals surface area (Å²) in [5.74, 6) is 1.69. The maximum absolute atomic E-state index is 9.48. The first-order valence-corrected chi connectivity index (χ1v) is 7.79. The molecule has 1 aromatic carbocycles. The Labute approximate surface area is 146 Å². The molecule has 2 heterocycles. The number of nitrogens with zero attached hydrogens (tertiary/aromatic N) is 3. The highest BCUT2D eigenvalue weighted by atomic mass is 79.9. The molecular weight excluding hydrogens is 372 g/mol. The lowest BCUT2D eigenvalue weighted by atomic mass is 10.1. The zero-order valence-electron chi connectivity index (χ0n) is 13.0. The van der Waals surface area contributed by atoms with Gasteiger partial charge in [0.15, 0.2) is 23.0 Å². The summed E-state index contributed by atoms with van der Waals surface area (Å²) in [7, 11) is 3.15. The Bertz CT molecular complexity index is 972. The van der Waals surface area contributed by atoms with E-state index >= 15 is 0 Å². The van der Waals surface area contributed by atoms with E-state index in [1.165, 1.54) is 0 Å². The van der Waals surface area contributed by atoms with E-state index in [1.54, 1.807) is 38.6 Å². The lowest BCUT2D eigenvalue weighted by molar-refractivity contribution is 0.355. The summed E-state index contributed by atoms with van der Waals surface area (Å²) in [6.07, 6.45) is 3.39.